The second-order valence-corrected chi connectivity index (χ2v) is 6.06. The summed E-state index contributed by atoms with van der Waals surface area (Å²) in [6, 6.07) is 0. The molecule has 0 aromatic rings. The summed E-state index contributed by atoms with van der Waals surface area (Å²) in [7, 11) is 0. The summed E-state index contributed by atoms with van der Waals surface area (Å²) in [5.41, 5.74) is 0.429. The summed E-state index contributed by atoms with van der Waals surface area (Å²) in [6.07, 6.45) is 7.27. The molecule has 0 radical (unpaired) electrons. The van der Waals surface area contributed by atoms with Crippen molar-refractivity contribution in [3.05, 3.63) is 0 Å². The third-order valence-corrected chi connectivity index (χ3v) is 4.20. The van der Waals surface area contributed by atoms with Gasteiger partial charge in [0.25, 0.3) is 0 Å². The lowest BCUT2D eigenvalue weighted by Gasteiger charge is -2.23. The minimum atomic E-state index is 0.195. The van der Waals surface area contributed by atoms with Crippen LogP contribution in [0.1, 0.15) is 25.7 Å². The average molecular weight is 242 g/mol. The molecule has 0 aromatic carbocycles. The number of nitrogens with one attached hydrogen (secondary N) is 1. The Balaban J connectivity index is 1.69. The first-order chi connectivity index (χ1) is 7.74. The zero-order valence-corrected chi connectivity index (χ0v) is 10.9. The van der Waals surface area contributed by atoms with Crippen LogP contribution in [-0.2, 0) is 4.79 Å². The lowest BCUT2D eigenvalue weighted by molar-refractivity contribution is -0.118. The highest BCUT2D eigenvalue weighted by molar-refractivity contribution is 7.99. The molecule has 2 fully saturated rings. The first kappa shape index (κ1) is 12.2. The highest BCUT2D eigenvalue weighted by Gasteiger charge is 2.44. The van der Waals surface area contributed by atoms with E-state index in [0.29, 0.717) is 11.2 Å². The van der Waals surface area contributed by atoms with E-state index in [0.717, 1.165) is 6.54 Å². The molecule has 2 rings (SSSR count). The molecule has 0 bridgehead atoms. The van der Waals surface area contributed by atoms with Crippen molar-refractivity contribution >= 4 is 17.7 Å². The van der Waals surface area contributed by atoms with Gasteiger partial charge in [0.15, 0.2) is 0 Å². The van der Waals surface area contributed by atoms with Gasteiger partial charge in [0, 0.05) is 18.5 Å². The number of carbonyl (C=O) groups excluding carboxylic acids is 1. The molecule has 1 saturated heterocycles. The quantitative estimate of drug-likeness (QED) is 0.763. The molecule has 0 spiro atoms. The largest absolute Gasteiger partial charge is 0.355 e. The van der Waals surface area contributed by atoms with E-state index in [1.165, 1.54) is 45.3 Å². The van der Waals surface area contributed by atoms with Gasteiger partial charge in [0.05, 0.1) is 5.75 Å². The van der Waals surface area contributed by atoms with Crippen molar-refractivity contribution < 1.29 is 4.79 Å². The molecule has 1 N–H and O–H groups in total. The second-order valence-electron chi connectivity index (χ2n) is 5.19. The zero-order chi connectivity index (χ0) is 11.4. The van der Waals surface area contributed by atoms with Crippen LogP contribution in [0.4, 0.5) is 0 Å². The normalized spacial score (nSPS) is 23.3. The van der Waals surface area contributed by atoms with Gasteiger partial charge in [-0.15, -0.1) is 0 Å². The van der Waals surface area contributed by atoms with Gasteiger partial charge < -0.3 is 10.2 Å². The van der Waals surface area contributed by atoms with Crippen molar-refractivity contribution in [3.63, 3.8) is 0 Å². The summed E-state index contributed by atoms with van der Waals surface area (Å²) in [4.78, 5) is 14.0. The fourth-order valence-electron chi connectivity index (χ4n) is 2.45. The molecular formula is C12H22N2OS. The van der Waals surface area contributed by atoms with E-state index >= 15 is 0 Å². The Hall–Kier alpha value is -0.220. The number of thioether (sulfide) groups is 1. The molecule has 2 aliphatic rings. The van der Waals surface area contributed by atoms with Crippen LogP contribution in [0.25, 0.3) is 0 Å². The molecule has 92 valence electrons. The Morgan fingerprint density at radius 3 is 2.62 bits per heavy atom. The Labute approximate surface area is 102 Å². The van der Waals surface area contributed by atoms with Crippen LogP contribution in [0.2, 0.25) is 0 Å². The fourth-order valence-corrected chi connectivity index (χ4v) is 2.82. The summed E-state index contributed by atoms with van der Waals surface area (Å²) >= 11 is 1.59. The van der Waals surface area contributed by atoms with E-state index in [-0.39, 0.29) is 5.91 Å². The van der Waals surface area contributed by atoms with Gasteiger partial charge in [0.1, 0.15) is 0 Å². The number of carbonyl (C=O) groups is 1. The van der Waals surface area contributed by atoms with Gasteiger partial charge in [-0.25, -0.2) is 0 Å². The minimum absolute atomic E-state index is 0.195. The molecule has 1 aliphatic heterocycles. The molecule has 3 nitrogen and oxygen atoms in total. The summed E-state index contributed by atoms with van der Waals surface area (Å²) in [5.74, 6) is 0.792. The minimum Gasteiger partial charge on any atom is -0.355 e. The van der Waals surface area contributed by atoms with Crippen LogP contribution >= 0.6 is 11.8 Å². The van der Waals surface area contributed by atoms with Gasteiger partial charge in [-0.3, -0.25) is 4.79 Å². The number of hydrogen-bond donors (Lipinski definition) is 1. The molecule has 1 amide bonds. The maximum Gasteiger partial charge on any atom is 0.230 e. The first-order valence-electron chi connectivity index (χ1n) is 6.22. The molecule has 4 heteroatoms. The van der Waals surface area contributed by atoms with Crippen molar-refractivity contribution in [1.29, 1.82) is 0 Å². The van der Waals surface area contributed by atoms with Crippen molar-refractivity contribution in [2.75, 3.05) is 38.2 Å². The third-order valence-electron chi connectivity index (χ3n) is 3.65. The molecule has 1 aliphatic carbocycles. The van der Waals surface area contributed by atoms with Crippen LogP contribution in [0.5, 0.6) is 0 Å². The molecule has 1 saturated carbocycles. The highest BCUT2D eigenvalue weighted by atomic mass is 32.2. The van der Waals surface area contributed by atoms with Gasteiger partial charge in [-0.2, -0.15) is 11.8 Å². The van der Waals surface area contributed by atoms with E-state index in [2.05, 4.69) is 10.2 Å². The van der Waals surface area contributed by atoms with Crippen LogP contribution in [0.3, 0.4) is 0 Å². The monoisotopic (exact) mass is 242 g/mol. The molecule has 0 unspecified atom stereocenters. The van der Waals surface area contributed by atoms with Gasteiger partial charge in [-0.05, 0) is 45.0 Å². The predicted molar refractivity (Wildman–Crippen MR) is 68.7 cm³/mol. The fraction of sp³-hybridized carbons (Fsp3) is 0.917. The van der Waals surface area contributed by atoms with Crippen LogP contribution < -0.4 is 5.32 Å². The van der Waals surface area contributed by atoms with Crippen LogP contribution in [0, 0.1) is 5.41 Å². The topological polar surface area (TPSA) is 32.3 Å². The van der Waals surface area contributed by atoms with Crippen molar-refractivity contribution in [1.82, 2.24) is 10.2 Å². The maximum atomic E-state index is 11.4. The Morgan fingerprint density at radius 1 is 1.38 bits per heavy atom. The zero-order valence-electron chi connectivity index (χ0n) is 10.1. The average Bonchev–Trinajstić information content (AvgIpc) is 2.82. The number of nitrogens with zero attached hydrogens (tertiary/aromatic N) is 1. The SMILES string of the molecule is CSCC(=O)NCC1(CN2CCCC2)CC1. The Bertz CT molecular complexity index is 247. The smallest absolute Gasteiger partial charge is 0.230 e. The first-order valence-corrected chi connectivity index (χ1v) is 7.61. The summed E-state index contributed by atoms with van der Waals surface area (Å²) < 4.78 is 0. The van der Waals surface area contributed by atoms with Gasteiger partial charge in [0.2, 0.25) is 5.91 Å². The summed E-state index contributed by atoms with van der Waals surface area (Å²) in [6.45, 7) is 4.62. The van der Waals surface area contributed by atoms with E-state index in [1.54, 1.807) is 11.8 Å². The molecule has 0 aromatic heterocycles. The van der Waals surface area contributed by atoms with Gasteiger partial charge in [-0.1, -0.05) is 0 Å². The Morgan fingerprint density at radius 2 is 2.06 bits per heavy atom. The van der Waals surface area contributed by atoms with Crippen molar-refractivity contribution in [2.45, 2.75) is 25.7 Å². The highest BCUT2D eigenvalue weighted by Crippen LogP contribution is 2.46. The molecule has 1 heterocycles. The lowest BCUT2D eigenvalue weighted by atomic mass is 10.1. The lowest BCUT2D eigenvalue weighted by Crippen LogP contribution is -2.37. The Kier molecular flexibility index (Phi) is 4.14. The molecule has 16 heavy (non-hydrogen) atoms. The molecular weight excluding hydrogens is 220 g/mol. The van der Waals surface area contributed by atoms with E-state index in [1.807, 2.05) is 6.26 Å². The van der Waals surface area contributed by atoms with E-state index < -0.39 is 0 Å². The third kappa shape index (κ3) is 3.39. The van der Waals surface area contributed by atoms with Crippen LogP contribution in [0.15, 0.2) is 0 Å². The standard InChI is InChI=1S/C12H22N2OS/c1-16-8-11(15)13-9-12(4-5-12)10-14-6-2-3-7-14/h2-10H2,1H3,(H,13,15). The number of hydrogen-bond acceptors (Lipinski definition) is 3. The number of rotatable bonds is 6. The predicted octanol–water partition coefficient (Wildman–Crippen LogP) is 1.34. The second kappa shape index (κ2) is 5.41. The summed E-state index contributed by atoms with van der Waals surface area (Å²) in [5, 5.41) is 3.07. The number of amides is 1. The maximum absolute atomic E-state index is 11.4. The number of likely N-dealkylation sites (tertiary alicyclic amines) is 1. The van der Waals surface area contributed by atoms with E-state index in [9.17, 15) is 4.79 Å². The van der Waals surface area contributed by atoms with E-state index in [4.69, 9.17) is 0 Å². The van der Waals surface area contributed by atoms with Crippen molar-refractivity contribution in [3.8, 4) is 0 Å². The van der Waals surface area contributed by atoms with Crippen LogP contribution in [-0.4, -0.2) is 49.0 Å². The van der Waals surface area contributed by atoms with Crippen molar-refractivity contribution in [2.24, 2.45) is 5.41 Å². The molecule has 0 atom stereocenters. The van der Waals surface area contributed by atoms with Gasteiger partial charge >= 0.3 is 0 Å².